The molecule has 114 valence electrons. The molecule has 1 aliphatic heterocycles. The van der Waals surface area contributed by atoms with Crippen molar-refractivity contribution in [2.75, 3.05) is 13.1 Å². The van der Waals surface area contributed by atoms with E-state index >= 15 is 0 Å². The summed E-state index contributed by atoms with van der Waals surface area (Å²) in [5.41, 5.74) is 0. The lowest BCUT2D eigenvalue weighted by Gasteiger charge is -2.46. The first-order valence-electron chi connectivity index (χ1n) is 7.64. The number of hydrogen-bond donors (Lipinski definition) is 1. The average Bonchev–Trinajstić information content (AvgIpc) is 2.83. The topological polar surface area (TPSA) is 15.3 Å². The van der Waals surface area contributed by atoms with Gasteiger partial charge in [0.1, 0.15) is 0 Å². The maximum Gasteiger partial charge on any atom is 0.0931 e. The molecule has 1 aromatic heterocycles. The van der Waals surface area contributed by atoms with E-state index in [-0.39, 0.29) is 0 Å². The lowest BCUT2D eigenvalue weighted by Crippen LogP contribution is -2.60. The van der Waals surface area contributed by atoms with Crippen molar-refractivity contribution in [3.63, 3.8) is 0 Å². The van der Waals surface area contributed by atoms with Gasteiger partial charge in [0.15, 0.2) is 0 Å². The van der Waals surface area contributed by atoms with E-state index in [2.05, 4.69) is 50.9 Å². The third-order valence-electron chi connectivity index (χ3n) is 4.50. The molecule has 0 aliphatic carbocycles. The van der Waals surface area contributed by atoms with Crippen LogP contribution in [0.4, 0.5) is 0 Å². The van der Waals surface area contributed by atoms with Gasteiger partial charge in [0.25, 0.3) is 0 Å². The lowest BCUT2D eigenvalue weighted by molar-refractivity contribution is 0.0525. The Hall–Kier alpha value is -0.0900. The van der Waals surface area contributed by atoms with Gasteiger partial charge in [-0.2, -0.15) is 0 Å². The molecule has 0 amide bonds. The fourth-order valence-electron chi connectivity index (χ4n) is 3.04. The van der Waals surface area contributed by atoms with Crippen LogP contribution in [-0.2, 0) is 0 Å². The molecule has 0 aromatic carbocycles. The van der Waals surface area contributed by atoms with Gasteiger partial charge in [-0.25, -0.2) is 0 Å². The Kier molecular flexibility index (Phi) is 5.52. The molecule has 1 saturated heterocycles. The van der Waals surface area contributed by atoms with Crippen LogP contribution in [0.25, 0.3) is 0 Å². The van der Waals surface area contributed by atoms with E-state index in [0.717, 1.165) is 17.4 Å². The Balaban J connectivity index is 2.18. The molecule has 2 nitrogen and oxygen atoms in total. The van der Waals surface area contributed by atoms with Gasteiger partial charge in [0.2, 0.25) is 0 Å². The number of halogens is 1. The van der Waals surface area contributed by atoms with Gasteiger partial charge in [-0.3, -0.25) is 4.90 Å². The van der Waals surface area contributed by atoms with E-state index in [1.54, 1.807) is 11.3 Å². The maximum absolute atomic E-state index is 6.11. The fourth-order valence-corrected chi connectivity index (χ4v) is 4.18. The first-order valence-corrected chi connectivity index (χ1v) is 8.84. The molecule has 0 bridgehead atoms. The minimum Gasteiger partial charge on any atom is -0.311 e. The van der Waals surface area contributed by atoms with Crippen molar-refractivity contribution in [2.45, 2.75) is 52.7 Å². The first-order chi connectivity index (χ1) is 9.40. The van der Waals surface area contributed by atoms with Crippen molar-refractivity contribution in [3.8, 4) is 0 Å². The van der Waals surface area contributed by atoms with Crippen molar-refractivity contribution < 1.29 is 0 Å². The van der Waals surface area contributed by atoms with E-state index < -0.39 is 0 Å². The summed E-state index contributed by atoms with van der Waals surface area (Å²) in [6.07, 6.45) is 0. The van der Waals surface area contributed by atoms with E-state index in [0.29, 0.717) is 30.0 Å². The van der Waals surface area contributed by atoms with Crippen molar-refractivity contribution in [2.24, 2.45) is 11.8 Å². The number of hydrogen-bond acceptors (Lipinski definition) is 3. The molecule has 3 atom stereocenters. The molecular formula is C16H27ClN2S. The number of nitrogens with zero attached hydrogens (tertiary/aromatic N) is 1. The summed E-state index contributed by atoms with van der Waals surface area (Å²) < 4.78 is 0.892. The molecule has 2 heterocycles. The molecular weight excluding hydrogens is 288 g/mol. The average molecular weight is 315 g/mol. The van der Waals surface area contributed by atoms with Gasteiger partial charge in [-0.15, -0.1) is 11.3 Å². The van der Waals surface area contributed by atoms with Crippen molar-refractivity contribution in [1.82, 2.24) is 10.2 Å². The summed E-state index contributed by atoms with van der Waals surface area (Å²) in [4.78, 5) is 4.05. The van der Waals surface area contributed by atoms with Crippen molar-refractivity contribution >= 4 is 22.9 Å². The molecule has 0 radical (unpaired) electrons. The molecule has 4 heteroatoms. The standard InChI is InChI=1S/C16H27ClN2S/c1-10(2)13-9-19(14(8-18-13)11(3)4)12(5)15-6-7-16(17)20-15/h6-7,10-14,18H,8-9H2,1-5H3. The second-order valence-corrected chi connectivity index (χ2v) is 8.33. The summed E-state index contributed by atoms with van der Waals surface area (Å²) in [5.74, 6) is 1.33. The van der Waals surface area contributed by atoms with Crippen LogP contribution in [0, 0.1) is 11.8 Å². The summed E-state index contributed by atoms with van der Waals surface area (Å²) in [7, 11) is 0. The highest BCUT2D eigenvalue weighted by atomic mass is 35.5. The molecule has 1 aliphatic rings. The molecule has 3 unspecified atom stereocenters. The van der Waals surface area contributed by atoms with Crippen LogP contribution in [0.5, 0.6) is 0 Å². The van der Waals surface area contributed by atoms with Gasteiger partial charge in [-0.1, -0.05) is 39.3 Å². The van der Waals surface area contributed by atoms with Gasteiger partial charge in [0.05, 0.1) is 4.34 Å². The van der Waals surface area contributed by atoms with Crippen LogP contribution >= 0.6 is 22.9 Å². The molecule has 1 aromatic rings. The van der Waals surface area contributed by atoms with Crippen LogP contribution in [0.2, 0.25) is 4.34 Å². The highest BCUT2D eigenvalue weighted by molar-refractivity contribution is 7.16. The van der Waals surface area contributed by atoms with Crippen LogP contribution in [-0.4, -0.2) is 30.1 Å². The Morgan fingerprint density at radius 3 is 2.40 bits per heavy atom. The summed E-state index contributed by atoms with van der Waals surface area (Å²) in [6, 6.07) is 5.83. The van der Waals surface area contributed by atoms with Gasteiger partial charge >= 0.3 is 0 Å². The third-order valence-corrected chi connectivity index (χ3v) is 5.90. The maximum atomic E-state index is 6.11. The van der Waals surface area contributed by atoms with E-state index in [9.17, 15) is 0 Å². The van der Waals surface area contributed by atoms with Crippen molar-refractivity contribution in [1.29, 1.82) is 0 Å². The van der Waals surface area contributed by atoms with Crippen LogP contribution in [0.3, 0.4) is 0 Å². The Bertz CT molecular complexity index is 430. The zero-order chi connectivity index (χ0) is 14.9. The number of piperazine rings is 1. The first kappa shape index (κ1) is 16.3. The number of nitrogens with one attached hydrogen (secondary N) is 1. The van der Waals surface area contributed by atoms with Gasteiger partial charge < -0.3 is 5.32 Å². The molecule has 2 rings (SSSR count). The van der Waals surface area contributed by atoms with Crippen LogP contribution in [0.1, 0.15) is 45.5 Å². The van der Waals surface area contributed by atoms with Crippen LogP contribution < -0.4 is 5.32 Å². The quantitative estimate of drug-likeness (QED) is 0.885. The smallest absolute Gasteiger partial charge is 0.0931 e. The van der Waals surface area contributed by atoms with E-state index in [1.165, 1.54) is 4.88 Å². The summed E-state index contributed by atoms with van der Waals surface area (Å²) >= 11 is 7.83. The molecule has 0 spiro atoms. The SMILES string of the molecule is CC(C)C1CN(C(C)c2ccc(Cl)s2)C(C(C)C)CN1. The normalized spacial score (nSPS) is 26.4. The summed E-state index contributed by atoms with van der Waals surface area (Å²) in [6.45, 7) is 13.8. The van der Waals surface area contributed by atoms with Gasteiger partial charge in [0, 0.05) is 36.1 Å². The Labute approximate surface area is 132 Å². The zero-order valence-corrected chi connectivity index (χ0v) is 14.8. The minimum absolute atomic E-state index is 0.447. The third kappa shape index (κ3) is 3.56. The minimum atomic E-state index is 0.447. The second kappa shape index (κ2) is 6.78. The van der Waals surface area contributed by atoms with E-state index in [4.69, 9.17) is 11.6 Å². The molecule has 20 heavy (non-hydrogen) atoms. The fraction of sp³-hybridized carbons (Fsp3) is 0.750. The predicted octanol–water partition coefficient (Wildman–Crippen LogP) is 4.42. The molecule has 0 saturated carbocycles. The van der Waals surface area contributed by atoms with Crippen molar-refractivity contribution in [3.05, 3.63) is 21.3 Å². The largest absolute Gasteiger partial charge is 0.311 e. The van der Waals surface area contributed by atoms with Gasteiger partial charge in [-0.05, 0) is 30.9 Å². The highest BCUT2D eigenvalue weighted by Gasteiger charge is 2.34. The zero-order valence-electron chi connectivity index (χ0n) is 13.2. The molecule has 1 fully saturated rings. The Morgan fingerprint density at radius 1 is 1.20 bits per heavy atom. The van der Waals surface area contributed by atoms with E-state index in [1.807, 2.05) is 6.07 Å². The highest BCUT2D eigenvalue weighted by Crippen LogP contribution is 2.34. The number of rotatable bonds is 4. The summed E-state index contributed by atoms with van der Waals surface area (Å²) in [5, 5.41) is 3.73. The lowest BCUT2D eigenvalue weighted by atomic mass is 9.92. The predicted molar refractivity (Wildman–Crippen MR) is 89.7 cm³/mol. The molecule has 1 N–H and O–H groups in total. The number of thiophene rings is 1. The van der Waals surface area contributed by atoms with Crippen LogP contribution in [0.15, 0.2) is 12.1 Å². The Morgan fingerprint density at radius 2 is 1.90 bits per heavy atom. The second-order valence-electron chi connectivity index (χ2n) is 6.58. The monoisotopic (exact) mass is 314 g/mol.